The van der Waals surface area contributed by atoms with E-state index in [0.29, 0.717) is 0 Å². The third-order valence-electron chi connectivity index (χ3n) is 1.77. The van der Waals surface area contributed by atoms with Crippen molar-refractivity contribution in [1.29, 1.82) is 0 Å². The Kier molecular flexibility index (Phi) is 5.08. The molecule has 0 unspecified atom stereocenters. The van der Waals surface area contributed by atoms with Gasteiger partial charge in [0.2, 0.25) is 0 Å². The van der Waals surface area contributed by atoms with Crippen LogP contribution in [-0.2, 0) is 27.0 Å². The summed E-state index contributed by atoms with van der Waals surface area (Å²) in [6, 6.07) is 6.19. The Morgan fingerprint density at radius 2 is 2.23 bits per heavy atom. The van der Waals surface area contributed by atoms with Crippen molar-refractivity contribution in [3.63, 3.8) is 0 Å². The fourth-order valence-electron chi connectivity index (χ4n) is 1.09. The Bertz CT molecular complexity index is 308. The number of nitrogens with zero attached hydrogens (tertiary/aromatic N) is 1. The summed E-state index contributed by atoms with van der Waals surface area (Å²) in [6.45, 7) is 0. The van der Waals surface area contributed by atoms with Gasteiger partial charge >= 0.3 is 92.1 Å². The average molecular weight is 306 g/mol. The maximum atomic E-state index is 5.73. The van der Waals surface area contributed by atoms with Crippen LogP contribution in [0.4, 0.5) is 0 Å². The zero-order valence-corrected chi connectivity index (χ0v) is 10.6. The molecule has 0 bridgehead atoms. The summed E-state index contributed by atoms with van der Waals surface area (Å²) in [5, 5.41) is 0. The Morgan fingerprint density at radius 1 is 1.46 bits per heavy atom. The Labute approximate surface area is 91.8 Å². The predicted octanol–water partition coefficient (Wildman–Crippen LogP) is 2.17. The fourth-order valence-corrected chi connectivity index (χ4v) is 2.64. The number of hydrogen-bond donors (Lipinski definition) is 0. The quantitative estimate of drug-likeness (QED) is 0.595. The first-order valence-electron chi connectivity index (χ1n) is 3.95. The first-order valence-corrected chi connectivity index (χ1v) is 9.43. The van der Waals surface area contributed by atoms with Gasteiger partial charge in [-0.2, -0.15) is 0 Å². The molecule has 1 nitrogen and oxygen atoms in total. The third kappa shape index (κ3) is 4.31. The molecule has 1 heterocycles. The third-order valence-corrected chi connectivity index (χ3v) is 4.10. The van der Waals surface area contributed by atoms with Crippen molar-refractivity contribution in [1.82, 2.24) is 0 Å². The molecule has 0 aliphatic carbocycles. The normalized spacial score (nSPS) is 11.2. The van der Waals surface area contributed by atoms with Crippen molar-refractivity contribution in [2.24, 2.45) is 7.05 Å². The molecule has 0 aliphatic rings. The van der Waals surface area contributed by atoms with Crippen LogP contribution in [-0.4, -0.2) is 4.61 Å². The molecule has 0 aromatic carbocycles. The van der Waals surface area contributed by atoms with Gasteiger partial charge in [0.05, 0.1) is 0 Å². The topological polar surface area (TPSA) is 3.88 Å². The monoisotopic (exact) mass is 306 g/mol. The molecule has 0 saturated heterocycles. The van der Waals surface area contributed by atoms with Crippen LogP contribution in [0.1, 0.15) is 12.1 Å². The van der Waals surface area contributed by atoms with Gasteiger partial charge in [-0.05, 0) is 0 Å². The predicted molar refractivity (Wildman–Crippen MR) is 53.7 cm³/mol. The van der Waals surface area contributed by atoms with E-state index in [-0.39, 0.29) is 0 Å². The van der Waals surface area contributed by atoms with Crippen LogP contribution in [0.3, 0.4) is 0 Å². The van der Waals surface area contributed by atoms with Crippen LogP contribution >= 0.6 is 19.4 Å². The zero-order chi connectivity index (χ0) is 9.68. The van der Waals surface area contributed by atoms with E-state index in [1.165, 1.54) is 5.69 Å². The van der Waals surface area contributed by atoms with Crippen LogP contribution in [0, 0.1) is 0 Å². The first kappa shape index (κ1) is 11.3. The van der Waals surface area contributed by atoms with Gasteiger partial charge in [0.25, 0.3) is 0 Å². The number of halogens is 2. The second-order valence-corrected chi connectivity index (χ2v) is 8.62. The van der Waals surface area contributed by atoms with Crippen LogP contribution in [0.15, 0.2) is 24.4 Å². The number of hydrogen-bond acceptors (Lipinski definition) is 0. The molecule has 74 valence electrons. The van der Waals surface area contributed by atoms with Gasteiger partial charge in [0.15, 0.2) is 0 Å². The molecule has 4 heteroatoms. The van der Waals surface area contributed by atoms with E-state index in [0.717, 1.165) is 12.8 Å². The van der Waals surface area contributed by atoms with Crippen molar-refractivity contribution in [3.05, 3.63) is 30.1 Å². The van der Waals surface area contributed by atoms with Gasteiger partial charge in [-0.25, -0.2) is 0 Å². The molecule has 13 heavy (non-hydrogen) atoms. The van der Waals surface area contributed by atoms with Gasteiger partial charge in [-0.1, -0.05) is 0 Å². The zero-order valence-electron chi connectivity index (χ0n) is 7.36. The summed E-state index contributed by atoms with van der Waals surface area (Å²) in [6.07, 6.45) is 4.04. The summed E-state index contributed by atoms with van der Waals surface area (Å²) >= 11 is -1.55. The average Bonchev–Trinajstić information content (AvgIpc) is 2.08. The van der Waals surface area contributed by atoms with Crippen molar-refractivity contribution < 1.29 is 18.1 Å². The molecule has 0 saturated carbocycles. The summed E-state index contributed by atoms with van der Waals surface area (Å²) in [7, 11) is 13.5. The van der Waals surface area contributed by atoms with E-state index < -0.39 is 13.5 Å². The summed E-state index contributed by atoms with van der Waals surface area (Å²) in [4.78, 5) is 0. The first-order chi connectivity index (χ1) is 6.20. The summed E-state index contributed by atoms with van der Waals surface area (Å²) in [5.74, 6) is 0. The van der Waals surface area contributed by atoms with Crippen LogP contribution in [0.2, 0.25) is 0 Å². The SMILES string of the molecule is C[n+]1ccccc1CC[CH]=[Ru]([Cl])[Cl]. The molecular weight excluding hydrogens is 294 g/mol. The molecule has 0 fully saturated rings. The van der Waals surface area contributed by atoms with Crippen molar-refractivity contribution in [2.45, 2.75) is 12.8 Å². The molecule has 0 N–H and O–H groups in total. The van der Waals surface area contributed by atoms with Crippen LogP contribution in [0.25, 0.3) is 0 Å². The molecular formula is C9H12Cl2NRu+. The number of rotatable bonds is 3. The van der Waals surface area contributed by atoms with E-state index in [1.807, 2.05) is 30.0 Å². The number of aromatic nitrogens is 1. The molecule has 0 amide bonds. The van der Waals surface area contributed by atoms with Gasteiger partial charge in [0, 0.05) is 0 Å². The van der Waals surface area contributed by atoms with E-state index in [9.17, 15) is 0 Å². The second kappa shape index (κ2) is 5.85. The van der Waals surface area contributed by atoms with Gasteiger partial charge in [-0.3, -0.25) is 0 Å². The maximum absolute atomic E-state index is 5.73. The second-order valence-electron chi connectivity index (χ2n) is 2.69. The Hall–Kier alpha value is 0.223. The van der Waals surface area contributed by atoms with Gasteiger partial charge in [-0.15, -0.1) is 0 Å². The van der Waals surface area contributed by atoms with Crippen molar-refractivity contribution in [2.75, 3.05) is 0 Å². The van der Waals surface area contributed by atoms with Gasteiger partial charge < -0.3 is 0 Å². The molecule has 0 aliphatic heterocycles. The molecule has 1 rings (SSSR count). The summed E-state index contributed by atoms with van der Waals surface area (Å²) < 4.78 is 4.16. The van der Waals surface area contributed by atoms with E-state index in [2.05, 4.69) is 10.6 Å². The summed E-state index contributed by atoms with van der Waals surface area (Å²) in [5.41, 5.74) is 1.31. The van der Waals surface area contributed by atoms with Crippen LogP contribution < -0.4 is 4.57 Å². The number of aryl methyl sites for hydroxylation is 2. The standard InChI is InChI=1S/C9H12N.2ClH.Ru/c1-3-6-9-7-4-5-8-10(9)2;;;/h1,4-5,7-8H,3,6H2,2H3;2*1H;/q+1;;;+2/p-2. The Morgan fingerprint density at radius 3 is 2.85 bits per heavy atom. The van der Waals surface area contributed by atoms with E-state index >= 15 is 0 Å². The molecule has 1 aromatic rings. The fraction of sp³-hybridized carbons (Fsp3) is 0.333. The van der Waals surface area contributed by atoms with Crippen molar-refractivity contribution >= 4 is 24.0 Å². The van der Waals surface area contributed by atoms with Crippen molar-refractivity contribution in [3.8, 4) is 0 Å². The molecule has 1 aromatic heterocycles. The van der Waals surface area contributed by atoms with Gasteiger partial charge in [0.1, 0.15) is 0 Å². The minimum absolute atomic E-state index is 0.976. The Balaban J connectivity index is 2.55. The van der Waals surface area contributed by atoms with Crippen LogP contribution in [0.5, 0.6) is 0 Å². The molecule has 0 radical (unpaired) electrons. The minimum atomic E-state index is -1.55. The van der Waals surface area contributed by atoms with E-state index in [4.69, 9.17) is 19.4 Å². The van der Waals surface area contributed by atoms with E-state index in [1.54, 1.807) is 0 Å². The molecule has 0 atom stereocenters. The number of pyridine rings is 1. The molecule has 0 spiro atoms.